The maximum absolute atomic E-state index is 5.79. The van der Waals surface area contributed by atoms with Gasteiger partial charge in [0, 0.05) is 31.3 Å². The van der Waals surface area contributed by atoms with Crippen molar-refractivity contribution in [1.82, 2.24) is 10.3 Å². The van der Waals surface area contributed by atoms with E-state index in [2.05, 4.69) is 41.5 Å². The van der Waals surface area contributed by atoms with Crippen LogP contribution in [0.2, 0.25) is 0 Å². The number of aromatic nitrogens is 1. The lowest BCUT2D eigenvalue weighted by molar-refractivity contribution is 0.0207. The number of hydrogen-bond donors (Lipinski definition) is 1. The molecule has 0 spiro atoms. The number of benzene rings is 1. The Morgan fingerprint density at radius 1 is 1.32 bits per heavy atom. The average Bonchev–Trinajstić information content (AvgIpc) is 2.86. The molecule has 1 N–H and O–H groups in total. The van der Waals surface area contributed by atoms with Gasteiger partial charge in [0.1, 0.15) is 0 Å². The molecule has 1 aromatic heterocycles. The molecule has 1 aromatic carbocycles. The van der Waals surface area contributed by atoms with Gasteiger partial charge in [-0.2, -0.15) is 0 Å². The third-order valence-corrected chi connectivity index (χ3v) is 3.83. The first-order chi connectivity index (χ1) is 9.27. The molecule has 2 heterocycles. The van der Waals surface area contributed by atoms with Gasteiger partial charge in [0.2, 0.25) is 0 Å². The molecule has 1 unspecified atom stereocenters. The molecule has 100 valence electrons. The first kappa shape index (κ1) is 12.6. The maximum atomic E-state index is 5.79. The van der Waals surface area contributed by atoms with Crippen LogP contribution in [0.15, 0.2) is 36.5 Å². The molecule has 0 saturated carbocycles. The fourth-order valence-electron chi connectivity index (χ4n) is 2.75. The van der Waals surface area contributed by atoms with E-state index in [0.717, 1.165) is 31.6 Å². The summed E-state index contributed by atoms with van der Waals surface area (Å²) in [4.78, 5) is 4.48. The third-order valence-electron chi connectivity index (χ3n) is 3.83. The predicted octanol–water partition coefficient (Wildman–Crippen LogP) is 2.89. The standard InChI is InChI=1S/C16H20N2O/c1-16(8-4-10-19-16)12-17-11-14-6-2-5-13-7-3-9-18-15(13)14/h2-3,5-7,9,17H,4,8,10-12H2,1H3. The smallest absolute Gasteiger partial charge is 0.0779 e. The normalized spacial score (nSPS) is 23.0. The van der Waals surface area contributed by atoms with E-state index >= 15 is 0 Å². The summed E-state index contributed by atoms with van der Waals surface area (Å²) in [6.45, 7) is 4.83. The summed E-state index contributed by atoms with van der Waals surface area (Å²) in [5.74, 6) is 0. The van der Waals surface area contributed by atoms with Crippen molar-refractivity contribution in [2.75, 3.05) is 13.2 Å². The Kier molecular flexibility index (Phi) is 3.49. The number of fused-ring (bicyclic) bond motifs is 1. The van der Waals surface area contributed by atoms with Crippen molar-refractivity contribution in [3.63, 3.8) is 0 Å². The van der Waals surface area contributed by atoms with Gasteiger partial charge in [-0.25, -0.2) is 0 Å². The van der Waals surface area contributed by atoms with E-state index in [1.54, 1.807) is 0 Å². The van der Waals surface area contributed by atoms with E-state index in [1.165, 1.54) is 17.4 Å². The SMILES string of the molecule is CC1(CNCc2cccc3cccnc23)CCCO1. The van der Waals surface area contributed by atoms with Crippen molar-refractivity contribution in [2.24, 2.45) is 0 Å². The number of para-hydroxylation sites is 1. The molecule has 1 fully saturated rings. The van der Waals surface area contributed by atoms with Gasteiger partial charge in [0.05, 0.1) is 11.1 Å². The number of hydrogen-bond acceptors (Lipinski definition) is 3. The highest BCUT2D eigenvalue weighted by molar-refractivity contribution is 5.81. The third kappa shape index (κ3) is 2.77. The summed E-state index contributed by atoms with van der Waals surface area (Å²) in [5.41, 5.74) is 2.35. The molecule has 1 aliphatic rings. The molecule has 3 heteroatoms. The highest BCUT2D eigenvalue weighted by atomic mass is 16.5. The van der Waals surface area contributed by atoms with E-state index in [9.17, 15) is 0 Å². The van der Waals surface area contributed by atoms with Crippen LogP contribution in [0.4, 0.5) is 0 Å². The Morgan fingerprint density at radius 3 is 3.05 bits per heavy atom. The highest BCUT2D eigenvalue weighted by Crippen LogP contribution is 2.24. The number of nitrogens with zero attached hydrogens (tertiary/aromatic N) is 1. The molecule has 2 aromatic rings. The van der Waals surface area contributed by atoms with Gasteiger partial charge in [0.15, 0.2) is 0 Å². The molecule has 1 saturated heterocycles. The van der Waals surface area contributed by atoms with Gasteiger partial charge in [-0.1, -0.05) is 24.3 Å². The van der Waals surface area contributed by atoms with Crippen LogP contribution in [0.25, 0.3) is 10.9 Å². The summed E-state index contributed by atoms with van der Waals surface area (Å²) in [7, 11) is 0. The Hall–Kier alpha value is -1.45. The Morgan fingerprint density at radius 2 is 2.21 bits per heavy atom. The van der Waals surface area contributed by atoms with Crippen LogP contribution in [0, 0.1) is 0 Å². The maximum Gasteiger partial charge on any atom is 0.0779 e. The molecular formula is C16H20N2O. The minimum Gasteiger partial charge on any atom is -0.374 e. The molecule has 3 nitrogen and oxygen atoms in total. The average molecular weight is 256 g/mol. The number of rotatable bonds is 4. The van der Waals surface area contributed by atoms with Crippen molar-refractivity contribution in [3.8, 4) is 0 Å². The molecule has 1 aliphatic heterocycles. The van der Waals surface area contributed by atoms with Gasteiger partial charge < -0.3 is 10.1 Å². The topological polar surface area (TPSA) is 34.2 Å². The van der Waals surface area contributed by atoms with E-state index in [-0.39, 0.29) is 5.60 Å². The minimum atomic E-state index is 0.0119. The lowest BCUT2D eigenvalue weighted by Crippen LogP contribution is -2.36. The zero-order valence-corrected chi connectivity index (χ0v) is 11.4. The first-order valence-corrected chi connectivity index (χ1v) is 6.94. The van der Waals surface area contributed by atoms with Crippen molar-refractivity contribution in [1.29, 1.82) is 0 Å². The fourth-order valence-corrected chi connectivity index (χ4v) is 2.75. The quantitative estimate of drug-likeness (QED) is 0.913. The van der Waals surface area contributed by atoms with Gasteiger partial charge in [0.25, 0.3) is 0 Å². The monoisotopic (exact) mass is 256 g/mol. The van der Waals surface area contributed by atoms with Crippen molar-refractivity contribution >= 4 is 10.9 Å². The molecule has 0 bridgehead atoms. The molecule has 3 rings (SSSR count). The molecule has 19 heavy (non-hydrogen) atoms. The van der Waals surface area contributed by atoms with E-state index in [4.69, 9.17) is 4.74 Å². The minimum absolute atomic E-state index is 0.0119. The molecule has 0 aliphatic carbocycles. The Balaban J connectivity index is 1.68. The Labute approximate surface area is 114 Å². The molecule has 1 atom stereocenters. The molecule has 0 radical (unpaired) electrons. The second-order valence-electron chi connectivity index (χ2n) is 5.50. The van der Waals surface area contributed by atoms with Crippen LogP contribution in [-0.2, 0) is 11.3 Å². The summed E-state index contributed by atoms with van der Waals surface area (Å²) >= 11 is 0. The molecule has 0 amide bonds. The van der Waals surface area contributed by atoms with Crippen molar-refractivity contribution < 1.29 is 4.74 Å². The first-order valence-electron chi connectivity index (χ1n) is 6.94. The van der Waals surface area contributed by atoms with Crippen LogP contribution in [0.3, 0.4) is 0 Å². The van der Waals surface area contributed by atoms with Crippen molar-refractivity contribution in [3.05, 3.63) is 42.1 Å². The Bertz CT molecular complexity index is 556. The second-order valence-corrected chi connectivity index (χ2v) is 5.50. The van der Waals surface area contributed by atoms with Gasteiger partial charge in [-0.15, -0.1) is 0 Å². The van der Waals surface area contributed by atoms with Gasteiger partial charge in [-0.3, -0.25) is 4.98 Å². The lowest BCUT2D eigenvalue weighted by Gasteiger charge is -2.23. The van der Waals surface area contributed by atoms with Crippen LogP contribution in [-0.4, -0.2) is 23.7 Å². The van der Waals surface area contributed by atoms with Crippen molar-refractivity contribution in [2.45, 2.75) is 31.9 Å². The van der Waals surface area contributed by atoms with Gasteiger partial charge in [-0.05, 0) is 31.4 Å². The summed E-state index contributed by atoms with van der Waals surface area (Å²) in [6.07, 6.45) is 4.18. The summed E-state index contributed by atoms with van der Waals surface area (Å²) in [6, 6.07) is 10.4. The fraction of sp³-hybridized carbons (Fsp3) is 0.438. The lowest BCUT2D eigenvalue weighted by atomic mass is 10.0. The number of ether oxygens (including phenoxy) is 1. The zero-order valence-electron chi connectivity index (χ0n) is 11.4. The highest BCUT2D eigenvalue weighted by Gasteiger charge is 2.28. The zero-order chi connectivity index (χ0) is 13.1. The van der Waals surface area contributed by atoms with Crippen LogP contribution < -0.4 is 5.32 Å². The number of pyridine rings is 1. The predicted molar refractivity (Wildman–Crippen MR) is 77.0 cm³/mol. The van der Waals surface area contributed by atoms with Crippen LogP contribution in [0.5, 0.6) is 0 Å². The second kappa shape index (κ2) is 5.27. The van der Waals surface area contributed by atoms with E-state index in [0.29, 0.717) is 0 Å². The van der Waals surface area contributed by atoms with E-state index < -0.39 is 0 Å². The largest absolute Gasteiger partial charge is 0.374 e. The van der Waals surface area contributed by atoms with Crippen LogP contribution in [0.1, 0.15) is 25.3 Å². The van der Waals surface area contributed by atoms with Crippen LogP contribution >= 0.6 is 0 Å². The number of nitrogens with one attached hydrogen (secondary N) is 1. The molecular weight excluding hydrogens is 236 g/mol. The summed E-state index contributed by atoms with van der Waals surface area (Å²) < 4.78 is 5.79. The van der Waals surface area contributed by atoms with E-state index in [1.807, 2.05) is 12.3 Å². The van der Waals surface area contributed by atoms with Gasteiger partial charge >= 0.3 is 0 Å². The summed E-state index contributed by atoms with van der Waals surface area (Å²) in [5, 5.41) is 4.71.